The van der Waals surface area contributed by atoms with Gasteiger partial charge in [-0.3, -0.25) is 4.40 Å². The molecule has 2 rings (SSSR count). The van der Waals surface area contributed by atoms with Crippen LogP contribution in [0.2, 0.25) is 5.02 Å². The molecule has 0 N–H and O–H groups in total. The maximum absolute atomic E-state index is 11.6. The Morgan fingerprint density at radius 2 is 2.20 bits per heavy atom. The van der Waals surface area contributed by atoms with Gasteiger partial charge in [0, 0.05) is 26.3 Å². The SMILES string of the molecule is COCC(C)Cc1nnc2c(Cl)cc(C(=O)OC)cn12. The fourth-order valence-electron chi connectivity index (χ4n) is 2.02. The molecule has 0 fully saturated rings. The van der Waals surface area contributed by atoms with Gasteiger partial charge in [-0.05, 0) is 12.0 Å². The topological polar surface area (TPSA) is 65.7 Å². The highest BCUT2D eigenvalue weighted by Crippen LogP contribution is 2.20. The lowest BCUT2D eigenvalue weighted by Gasteiger charge is -2.09. The Balaban J connectivity index is 2.41. The third-order valence-electron chi connectivity index (χ3n) is 2.93. The minimum atomic E-state index is -0.446. The van der Waals surface area contributed by atoms with Gasteiger partial charge in [-0.1, -0.05) is 18.5 Å². The highest BCUT2D eigenvalue weighted by molar-refractivity contribution is 6.33. The first-order valence-corrected chi connectivity index (χ1v) is 6.55. The fourth-order valence-corrected chi connectivity index (χ4v) is 2.27. The number of hydrogen-bond donors (Lipinski definition) is 0. The molecule has 1 atom stereocenters. The fraction of sp³-hybridized carbons (Fsp3) is 0.462. The lowest BCUT2D eigenvalue weighted by atomic mass is 10.1. The van der Waals surface area contributed by atoms with E-state index in [-0.39, 0.29) is 5.92 Å². The van der Waals surface area contributed by atoms with Crippen molar-refractivity contribution in [3.63, 3.8) is 0 Å². The Bertz CT molecular complexity index is 627. The molecule has 0 saturated heterocycles. The standard InChI is InChI=1S/C13H16ClN3O3/c1-8(7-19-2)4-11-15-16-12-10(14)5-9(6-17(11)12)13(18)20-3/h5-6,8H,4,7H2,1-3H3. The second-order valence-corrected chi connectivity index (χ2v) is 5.05. The van der Waals surface area contributed by atoms with Crippen LogP contribution in [0.1, 0.15) is 23.1 Å². The number of rotatable bonds is 5. The molecule has 0 aliphatic rings. The Morgan fingerprint density at radius 3 is 2.85 bits per heavy atom. The number of esters is 1. The molecule has 6 nitrogen and oxygen atoms in total. The van der Waals surface area contributed by atoms with Gasteiger partial charge in [0.15, 0.2) is 5.65 Å². The molecule has 0 bridgehead atoms. The molecule has 0 aromatic carbocycles. The van der Waals surface area contributed by atoms with Crippen molar-refractivity contribution in [2.75, 3.05) is 20.8 Å². The number of ether oxygens (including phenoxy) is 2. The van der Waals surface area contributed by atoms with Crippen LogP contribution < -0.4 is 0 Å². The highest BCUT2D eigenvalue weighted by Gasteiger charge is 2.16. The highest BCUT2D eigenvalue weighted by atomic mass is 35.5. The van der Waals surface area contributed by atoms with Crippen LogP contribution in [-0.4, -0.2) is 41.4 Å². The first kappa shape index (κ1) is 14.7. The second kappa shape index (κ2) is 6.19. The van der Waals surface area contributed by atoms with Gasteiger partial charge in [-0.15, -0.1) is 10.2 Å². The lowest BCUT2D eigenvalue weighted by molar-refractivity contribution is 0.0600. The molecule has 0 spiro atoms. The second-order valence-electron chi connectivity index (χ2n) is 4.64. The van der Waals surface area contributed by atoms with E-state index in [1.165, 1.54) is 13.2 Å². The van der Waals surface area contributed by atoms with Crippen LogP contribution in [0.25, 0.3) is 5.65 Å². The Hall–Kier alpha value is -1.66. The summed E-state index contributed by atoms with van der Waals surface area (Å²) in [5.41, 5.74) is 0.893. The predicted octanol–water partition coefficient (Wildman–Crippen LogP) is 1.99. The molecule has 20 heavy (non-hydrogen) atoms. The van der Waals surface area contributed by atoms with Crippen LogP contribution >= 0.6 is 11.6 Å². The minimum Gasteiger partial charge on any atom is -0.465 e. The van der Waals surface area contributed by atoms with Crippen LogP contribution in [-0.2, 0) is 15.9 Å². The van der Waals surface area contributed by atoms with Gasteiger partial charge in [0.05, 0.1) is 17.7 Å². The number of halogens is 1. The molecule has 2 aromatic heterocycles. The third-order valence-corrected chi connectivity index (χ3v) is 3.21. The zero-order chi connectivity index (χ0) is 14.7. The summed E-state index contributed by atoms with van der Waals surface area (Å²) in [4.78, 5) is 11.6. The third kappa shape index (κ3) is 2.91. The zero-order valence-electron chi connectivity index (χ0n) is 11.6. The molecular formula is C13H16ClN3O3. The first-order chi connectivity index (χ1) is 9.56. The van der Waals surface area contributed by atoms with Crippen LogP contribution in [0.4, 0.5) is 0 Å². The van der Waals surface area contributed by atoms with E-state index < -0.39 is 5.97 Å². The quantitative estimate of drug-likeness (QED) is 0.790. The summed E-state index contributed by atoms with van der Waals surface area (Å²) in [5, 5.41) is 8.54. The van der Waals surface area contributed by atoms with Crippen molar-refractivity contribution >= 4 is 23.2 Å². The van der Waals surface area contributed by atoms with Crippen LogP contribution in [0, 0.1) is 5.92 Å². The Labute approximate surface area is 121 Å². The number of carbonyl (C=O) groups excluding carboxylic acids is 1. The lowest BCUT2D eigenvalue weighted by Crippen LogP contribution is -2.10. The van der Waals surface area contributed by atoms with E-state index in [2.05, 4.69) is 17.1 Å². The van der Waals surface area contributed by atoms with Crippen LogP contribution in [0.5, 0.6) is 0 Å². The molecule has 1 unspecified atom stereocenters. The molecule has 0 amide bonds. The minimum absolute atomic E-state index is 0.285. The molecule has 2 heterocycles. The van der Waals surface area contributed by atoms with Crippen molar-refractivity contribution in [1.82, 2.24) is 14.6 Å². The number of fused-ring (bicyclic) bond motifs is 1. The van der Waals surface area contributed by atoms with E-state index in [1.54, 1.807) is 17.7 Å². The molecule has 2 aromatic rings. The zero-order valence-corrected chi connectivity index (χ0v) is 12.3. The van der Waals surface area contributed by atoms with Gasteiger partial charge in [0.25, 0.3) is 0 Å². The molecular weight excluding hydrogens is 282 g/mol. The van der Waals surface area contributed by atoms with Crippen molar-refractivity contribution in [3.8, 4) is 0 Å². The predicted molar refractivity (Wildman–Crippen MR) is 74.1 cm³/mol. The van der Waals surface area contributed by atoms with E-state index in [0.717, 1.165) is 5.82 Å². The maximum Gasteiger partial charge on any atom is 0.339 e. The average molecular weight is 298 g/mol. The van der Waals surface area contributed by atoms with Crippen LogP contribution in [0.3, 0.4) is 0 Å². The van der Waals surface area contributed by atoms with Crippen molar-refractivity contribution in [2.45, 2.75) is 13.3 Å². The van der Waals surface area contributed by atoms with Crippen molar-refractivity contribution in [2.24, 2.45) is 5.92 Å². The molecule has 0 aliphatic carbocycles. The molecule has 7 heteroatoms. The summed E-state index contributed by atoms with van der Waals surface area (Å²) in [6.07, 6.45) is 2.32. The van der Waals surface area contributed by atoms with Gasteiger partial charge in [0.2, 0.25) is 0 Å². The largest absolute Gasteiger partial charge is 0.465 e. The maximum atomic E-state index is 11.6. The first-order valence-electron chi connectivity index (χ1n) is 6.17. The van der Waals surface area contributed by atoms with E-state index in [1.807, 2.05) is 0 Å². The molecule has 0 saturated carbocycles. The monoisotopic (exact) mass is 297 g/mol. The van der Waals surface area contributed by atoms with Crippen molar-refractivity contribution in [1.29, 1.82) is 0 Å². The number of hydrogen-bond acceptors (Lipinski definition) is 5. The summed E-state index contributed by atoms with van der Waals surface area (Å²) in [5.74, 6) is 0.573. The number of pyridine rings is 1. The smallest absolute Gasteiger partial charge is 0.339 e. The molecule has 0 radical (unpaired) electrons. The summed E-state index contributed by atoms with van der Waals surface area (Å²) in [7, 11) is 2.98. The molecule has 0 aliphatic heterocycles. The number of aromatic nitrogens is 3. The Kier molecular flexibility index (Phi) is 4.57. The van der Waals surface area contributed by atoms with Gasteiger partial charge >= 0.3 is 5.97 Å². The Morgan fingerprint density at radius 1 is 1.45 bits per heavy atom. The van der Waals surface area contributed by atoms with E-state index in [9.17, 15) is 4.79 Å². The van der Waals surface area contributed by atoms with E-state index in [4.69, 9.17) is 21.1 Å². The number of methoxy groups -OCH3 is 2. The average Bonchev–Trinajstić information content (AvgIpc) is 2.82. The summed E-state index contributed by atoms with van der Waals surface area (Å²) >= 11 is 6.12. The van der Waals surface area contributed by atoms with Crippen molar-refractivity contribution < 1.29 is 14.3 Å². The van der Waals surface area contributed by atoms with Gasteiger partial charge in [0.1, 0.15) is 5.82 Å². The number of carbonyl (C=O) groups is 1. The summed E-state index contributed by atoms with van der Waals surface area (Å²) in [6.45, 7) is 2.68. The number of nitrogens with zero attached hydrogens (tertiary/aromatic N) is 3. The van der Waals surface area contributed by atoms with E-state index in [0.29, 0.717) is 29.3 Å². The summed E-state index contributed by atoms with van der Waals surface area (Å²) < 4.78 is 11.5. The molecule has 108 valence electrons. The van der Waals surface area contributed by atoms with E-state index >= 15 is 0 Å². The van der Waals surface area contributed by atoms with Gasteiger partial charge < -0.3 is 9.47 Å². The van der Waals surface area contributed by atoms with Gasteiger partial charge in [-0.25, -0.2) is 4.79 Å². The normalized spacial score (nSPS) is 12.6. The van der Waals surface area contributed by atoms with Gasteiger partial charge in [-0.2, -0.15) is 0 Å². The van der Waals surface area contributed by atoms with Crippen molar-refractivity contribution in [3.05, 3.63) is 28.7 Å². The van der Waals surface area contributed by atoms with Crippen LogP contribution in [0.15, 0.2) is 12.3 Å². The summed E-state index contributed by atoms with van der Waals surface area (Å²) in [6, 6.07) is 1.53.